The lowest BCUT2D eigenvalue weighted by atomic mass is 9.89. The smallest absolute Gasteiger partial charge is 0.416 e. The molecular weight excluding hydrogens is 318 g/mol. The molecule has 1 aromatic rings. The molecule has 0 bridgehead atoms. The van der Waals surface area contributed by atoms with Gasteiger partial charge in [0.25, 0.3) is 0 Å². The van der Waals surface area contributed by atoms with E-state index >= 15 is 0 Å². The fourth-order valence-electron chi connectivity index (χ4n) is 1.87. The van der Waals surface area contributed by atoms with Crippen LogP contribution in [0.2, 0.25) is 0 Å². The summed E-state index contributed by atoms with van der Waals surface area (Å²) < 4.78 is 57.5. The molecule has 0 heterocycles. The first-order chi connectivity index (χ1) is 10.3. The Morgan fingerprint density at radius 1 is 1.13 bits per heavy atom. The van der Waals surface area contributed by atoms with Crippen molar-refractivity contribution in [1.29, 1.82) is 0 Å². The molecule has 0 aliphatic carbocycles. The zero-order valence-corrected chi connectivity index (χ0v) is 13.0. The minimum atomic E-state index is -4.82. The molecule has 8 heteroatoms. The minimum absolute atomic E-state index is 0.0981. The maximum absolute atomic E-state index is 13.4. The Labute approximate surface area is 130 Å². The highest BCUT2D eigenvalue weighted by Gasteiger charge is 2.41. The van der Waals surface area contributed by atoms with Crippen LogP contribution in [-0.2, 0) is 21.2 Å². The van der Waals surface area contributed by atoms with Crippen LogP contribution >= 0.6 is 0 Å². The molecule has 1 aromatic carbocycles. The first-order valence-corrected chi connectivity index (χ1v) is 6.63. The standard InChI is InChI=1S/C15H17F4NO3/c1-13(2,3)23-12(22)20-14(4,8-21)11-7-9(16)5-6-10(11)15(17,18)19/h5-8H,1-4H3,(H,20,22). The molecule has 0 aliphatic rings. The number of hydrogen-bond donors (Lipinski definition) is 1. The molecule has 1 N–H and O–H groups in total. The number of rotatable bonds is 3. The molecule has 0 saturated carbocycles. The van der Waals surface area contributed by atoms with Gasteiger partial charge in [0.1, 0.15) is 23.2 Å². The summed E-state index contributed by atoms with van der Waals surface area (Å²) in [4.78, 5) is 23.1. The van der Waals surface area contributed by atoms with Crippen molar-refractivity contribution in [2.45, 2.75) is 45.0 Å². The van der Waals surface area contributed by atoms with E-state index in [0.29, 0.717) is 18.2 Å². The zero-order valence-electron chi connectivity index (χ0n) is 13.0. The molecule has 0 aromatic heterocycles. The number of carbonyl (C=O) groups excluding carboxylic acids is 2. The fourth-order valence-corrected chi connectivity index (χ4v) is 1.87. The molecule has 0 fully saturated rings. The van der Waals surface area contributed by atoms with Gasteiger partial charge in [-0.25, -0.2) is 9.18 Å². The average Bonchev–Trinajstić information content (AvgIpc) is 2.34. The first-order valence-electron chi connectivity index (χ1n) is 6.63. The quantitative estimate of drug-likeness (QED) is 0.675. The molecule has 0 saturated heterocycles. The topological polar surface area (TPSA) is 55.4 Å². The lowest BCUT2D eigenvalue weighted by Gasteiger charge is -2.29. The molecule has 23 heavy (non-hydrogen) atoms. The highest BCUT2D eigenvalue weighted by Crippen LogP contribution is 2.36. The summed E-state index contributed by atoms with van der Waals surface area (Å²) >= 11 is 0. The molecule has 1 atom stereocenters. The molecule has 0 radical (unpaired) electrons. The van der Waals surface area contributed by atoms with Crippen LogP contribution in [-0.4, -0.2) is 18.0 Å². The summed E-state index contributed by atoms with van der Waals surface area (Å²) in [6.45, 7) is 5.68. The van der Waals surface area contributed by atoms with E-state index in [4.69, 9.17) is 4.74 Å². The summed E-state index contributed by atoms with van der Waals surface area (Å²) in [5.74, 6) is -0.966. The molecule has 0 aliphatic heterocycles. The Morgan fingerprint density at radius 2 is 1.70 bits per heavy atom. The van der Waals surface area contributed by atoms with Gasteiger partial charge in [-0.3, -0.25) is 0 Å². The second kappa shape index (κ2) is 6.17. The highest BCUT2D eigenvalue weighted by molar-refractivity contribution is 5.78. The number of aldehydes is 1. The third-order valence-electron chi connectivity index (χ3n) is 2.84. The lowest BCUT2D eigenvalue weighted by Crippen LogP contribution is -2.48. The minimum Gasteiger partial charge on any atom is -0.444 e. The third-order valence-corrected chi connectivity index (χ3v) is 2.84. The van der Waals surface area contributed by atoms with E-state index < -0.39 is 40.4 Å². The van der Waals surface area contributed by atoms with Crippen molar-refractivity contribution < 1.29 is 31.9 Å². The van der Waals surface area contributed by atoms with Gasteiger partial charge in [0.05, 0.1) is 5.56 Å². The second-order valence-electron chi connectivity index (χ2n) is 6.13. The van der Waals surface area contributed by atoms with Gasteiger partial charge >= 0.3 is 12.3 Å². The number of alkyl carbamates (subject to hydrolysis) is 1. The Kier molecular flexibility index (Phi) is 5.08. The van der Waals surface area contributed by atoms with Gasteiger partial charge in [0, 0.05) is 0 Å². The number of halogens is 4. The van der Waals surface area contributed by atoms with E-state index in [0.717, 1.165) is 6.92 Å². The summed E-state index contributed by atoms with van der Waals surface area (Å²) in [5.41, 5.74) is -4.94. The molecule has 4 nitrogen and oxygen atoms in total. The van der Waals surface area contributed by atoms with Crippen molar-refractivity contribution in [2.24, 2.45) is 0 Å². The number of nitrogens with one attached hydrogen (secondary N) is 1. The van der Waals surface area contributed by atoms with Crippen molar-refractivity contribution >= 4 is 12.4 Å². The van der Waals surface area contributed by atoms with Crippen molar-refractivity contribution in [3.63, 3.8) is 0 Å². The largest absolute Gasteiger partial charge is 0.444 e. The Hall–Kier alpha value is -2.12. The van der Waals surface area contributed by atoms with Crippen LogP contribution in [0.25, 0.3) is 0 Å². The van der Waals surface area contributed by atoms with Crippen molar-refractivity contribution in [3.05, 3.63) is 35.1 Å². The van der Waals surface area contributed by atoms with Crippen molar-refractivity contribution in [3.8, 4) is 0 Å². The van der Waals surface area contributed by atoms with E-state index in [9.17, 15) is 27.2 Å². The van der Waals surface area contributed by atoms with Crippen LogP contribution < -0.4 is 5.32 Å². The maximum atomic E-state index is 13.4. The van der Waals surface area contributed by atoms with E-state index in [2.05, 4.69) is 5.32 Å². The highest BCUT2D eigenvalue weighted by atomic mass is 19.4. The van der Waals surface area contributed by atoms with Gasteiger partial charge in [-0.2, -0.15) is 13.2 Å². The molecule has 0 spiro atoms. The number of hydrogen-bond acceptors (Lipinski definition) is 3. The van der Waals surface area contributed by atoms with E-state index in [1.807, 2.05) is 0 Å². The average molecular weight is 335 g/mol. The molecule has 1 amide bonds. The SMILES string of the molecule is CC(C)(C)OC(=O)NC(C)(C=O)c1cc(F)ccc1C(F)(F)F. The molecule has 1 rings (SSSR count). The normalized spacial score (nSPS) is 14.8. The number of alkyl halides is 3. The van der Waals surface area contributed by atoms with Gasteiger partial charge in [-0.1, -0.05) is 0 Å². The van der Waals surface area contributed by atoms with E-state index in [1.165, 1.54) is 0 Å². The Bertz CT molecular complexity index is 608. The van der Waals surface area contributed by atoms with Crippen LogP contribution in [0.15, 0.2) is 18.2 Å². The number of amides is 1. The summed E-state index contributed by atoms with van der Waals surface area (Å²) in [5, 5.41) is 2.06. The predicted molar refractivity (Wildman–Crippen MR) is 74.2 cm³/mol. The van der Waals surface area contributed by atoms with E-state index in [1.54, 1.807) is 20.8 Å². The number of carbonyl (C=O) groups is 2. The van der Waals surface area contributed by atoms with Crippen LogP contribution in [0.1, 0.15) is 38.8 Å². The predicted octanol–water partition coefficient (Wildman–Crippen LogP) is 3.78. The number of ether oxygens (including phenoxy) is 1. The summed E-state index contributed by atoms with van der Waals surface area (Å²) in [6.07, 6.45) is -5.81. The van der Waals surface area contributed by atoms with Gasteiger partial charge in [0.2, 0.25) is 0 Å². The van der Waals surface area contributed by atoms with Gasteiger partial charge in [0.15, 0.2) is 0 Å². The van der Waals surface area contributed by atoms with Crippen molar-refractivity contribution in [2.75, 3.05) is 0 Å². The third kappa shape index (κ3) is 4.94. The Morgan fingerprint density at radius 3 is 2.13 bits per heavy atom. The Balaban J connectivity index is 3.31. The molecule has 128 valence electrons. The first kappa shape index (κ1) is 18.9. The van der Waals surface area contributed by atoms with E-state index in [-0.39, 0.29) is 6.29 Å². The maximum Gasteiger partial charge on any atom is 0.416 e. The zero-order chi connectivity index (χ0) is 18.1. The second-order valence-corrected chi connectivity index (χ2v) is 6.13. The number of benzene rings is 1. The monoisotopic (exact) mass is 335 g/mol. The molecular formula is C15H17F4NO3. The summed E-state index contributed by atoms with van der Waals surface area (Å²) in [7, 11) is 0. The van der Waals surface area contributed by atoms with Crippen LogP contribution in [0.5, 0.6) is 0 Å². The van der Waals surface area contributed by atoms with Gasteiger partial charge in [-0.15, -0.1) is 0 Å². The van der Waals surface area contributed by atoms with Gasteiger partial charge in [-0.05, 0) is 51.5 Å². The molecule has 1 unspecified atom stereocenters. The van der Waals surface area contributed by atoms with Gasteiger partial charge < -0.3 is 14.8 Å². The fraction of sp³-hybridized carbons (Fsp3) is 0.467. The van der Waals surface area contributed by atoms with Crippen molar-refractivity contribution in [1.82, 2.24) is 5.32 Å². The van der Waals surface area contributed by atoms with Crippen LogP contribution in [0.4, 0.5) is 22.4 Å². The van der Waals surface area contributed by atoms with Crippen LogP contribution in [0.3, 0.4) is 0 Å². The summed E-state index contributed by atoms with van der Waals surface area (Å²) in [6, 6.07) is 1.71. The lowest BCUT2D eigenvalue weighted by molar-refractivity contribution is -0.139. The van der Waals surface area contributed by atoms with Crippen LogP contribution in [0, 0.1) is 5.82 Å².